The van der Waals surface area contributed by atoms with Crippen molar-refractivity contribution in [2.24, 2.45) is 0 Å². The number of hydrogen-bond donors (Lipinski definition) is 0. The van der Waals surface area contributed by atoms with E-state index < -0.39 is 5.82 Å². The highest BCUT2D eigenvalue weighted by Crippen LogP contribution is 2.22. The maximum Gasteiger partial charge on any atom is 0.132 e. The molecule has 80 valence electrons. The Morgan fingerprint density at radius 2 is 2.31 bits per heavy atom. The van der Waals surface area contributed by atoms with Crippen LogP contribution in [0.2, 0.25) is 0 Å². The highest BCUT2D eigenvalue weighted by atomic mass is 35.5. The Hall–Kier alpha value is -1.86. The first-order valence-corrected chi connectivity index (χ1v) is 5.06. The molecule has 0 unspecified atom stereocenters. The van der Waals surface area contributed by atoms with Gasteiger partial charge in [-0.15, -0.1) is 11.6 Å². The van der Waals surface area contributed by atoms with Gasteiger partial charge in [-0.1, -0.05) is 0 Å². The lowest BCUT2D eigenvalue weighted by Crippen LogP contribution is -1.87. The normalized spacial score (nSPS) is 10.1. The SMILES string of the molecule is N#Cc1ccc(F)c(-c2cn(CCl)cn2)c1. The van der Waals surface area contributed by atoms with Crippen molar-refractivity contribution >= 4 is 11.6 Å². The van der Waals surface area contributed by atoms with Gasteiger partial charge in [0.15, 0.2) is 0 Å². The molecule has 5 heteroatoms. The lowest BCUT2D eigenvalue weighted by molar-refractivity contribution is 0.630. The minimum atomic E-state index is -0.404. The fourth-order valence-electron chi connectivity index (χ4n) is 1.36. The van der Waals surface area contributed by atoms with Crippen LogP contribution in [-0.2, 0) is 6.00 Å². The van der Waals surface area contributed by atoms with Crippen molar-refractivity contribution < 1.29 is 4.39 Å². The minimum absolute atomic E-state index is 0.257. The molecule has 0 fully saturated rings. The third-order valence-corrected chi connectivity index (χ3v) is 2.42. The summed E-state index contributed by atoms with van der Waals surface area (Å²) in [6.45, 7) is 0. The van der Waals surface area contributed by atoms with Gasteiger partial charge in [-0.25, -0.2) is 9.37 Å². The summed E-state index contributed by atoms with van der Waals surface area (Å²) in [6, 6.07) is 6.37. The van der Waals surface area contributed by atoms with Crippen LogP contribution >= 0.6 is 11.6 Å². The molecule has 0 spiro atoms. The van der Waals surface area contributed by atoms with Crippen molar-refractivity contribution in [3.05, 3.63) is 42.1 Å². The summed E-state index contributed by atoms with van der Waals surface area (Å²) < 4.78 is 15.1. The van der Waals surface area contributed by atoms with Crippen molar-refractivity contribution in [1.29, 1.82) is 5.26 Å². The van der Waals surface area contributed by atoms with Crippen molar-refractivity contribution in [2.45, 2.75) is 6.00 Å². The lowest BCUT2D eigenvalue weighted by Gasteiger charge is -1.99. The Morgan fingerprint density at radius 1 is 1.50 bits per heavy atom. The van der Waals surface area contributed by atoms with Gasteiger partial charge in [-0.3, -0.25) is 0 Å². The number of aromatic nitrogens is 2. The first kappa shape index (κ1) is 10.7. The van der Waals surface area contributed by atoms with Gasteiger partial charge in [-0.05, 0) is 18.2 Å². The van der Waals surface area contributed by atoms with Crippen LogP contribution in [0.3, 0.4) is 0 Å². The molecule has 0 radical (unpaired) electrons. The van der Waals surface area contributed by atoms with Crippen molar-refractivity contribution in [3.63, 3.8) is 0 Å². The van der Waals surface area contributed by atoms with Crippen molar-refractivity contribution in [2.75, 3.05) is 0 Å². The molecule has 1 heterocycles. The zero-order chi connectivity index (χ0) is 11.5. The molecule has 0 aliphatic heterocycles. The van der Waals surface area contributed by atoms with Crippen LogP contribution in [0.1, 0.15) is 5.56 Å². The molecule has 1 aromatic heterocycles. The van der Waals surface area contributed by atoms with Crippen molar-refractivity contribution in [3.8, 4) is 17.3 Å². The molecule has 0 atom stereocenters. The predicted molar refractivity (Wildman–Crippen MR) is 58.2 cm³/mol. The van der Waals surface area contributed by atoms with E-state index in [1.54, 1.807) is 10.8 Å². The number of halogens is 2. The van der Waals surface area contributed by atoms with Crippen LogP contribution in [0.5, 0.6) is 0 Å². The number of alkyl halides is 1. The van der Waals surface area contributed by atoms with Crippen LogP contribution in [0.15, 0.2) is 30.7 Å². The monoisotopic (exact) mass is 235 g/mol. The number of nitrogens with zero attached hydrogens (tertiary/aromatic N) is 3. The third-order valence-electron chi connectivity index (χ3n) is 2.14. The molecule has 3 nitrogen and oxygen atoms in total. The molecule has 0 N–H and O–H groups in total. The summed E-state index contributed by atoms with van der Waals surface area (Å²) in [5.74, 6) is -0.404. The second-order valence-corrected chi connectivity index (χ2v) is 3.44. The summed E-state index contributed by atoms with van der Waals surface area (Å²) in [5, 5.41) is 8.73. The van der Waals surface area contributed by atoms with Gasteiger partial charge < -0.3 is 4.57 Å². The van der Waals surface area contributed by atoms with Crippen LogP contribution in [0, 0.1) is 17.1 Å². The fourth-order valence-corrected chi connectivity index (χ4v) is 1.49. The Morgan fingerprint density at radius 3 is 2.94 bits per heavy atom. The van der Waals surface area contributed by atoms with E-state index in [-0.39, 0.29) is 6.00 Å². The molecule has 16 heavy (non-hydrogen) atoms. The molecule has 2 aromatic rings. The average Bonchev–Trinajstić information content (AvgIpc) is 2.78. The Kier molecular flexibility index (Phi) is 2.88. The summed E-state index contributed by atoms with van der Waals surface area (Å²) in [5.41, 5.74) is 1.18. The van der Waals surface area contributed by atoms with Gasteiger partial charge in [0.1, 0.15) is 5.82 Å². The Bertz CT molecular complexity index is 557. The number of hydrogen-bond acceptors (Lipinski definition) is 2. The molecule has 1 aromatic carbocycles. The standard InChI is InChI=1S/C11H7ClFN3/c12-6-16-5-11(15-7-16)9-3-8(4-14)1-2-10(9)13/h1-3,5,7H,6H2. The van der Waals surface area contributed by atoms with Crippen LogP contribution < -0.4 is 0 Å². The van der Waals surface area contributed by atoms with Crippen LogP contribution in [-0.4, -0.2) is 9.55 Å². The second-order valence-electron chi connectivity index (χ2n) is 3.20. The number of imidazole rings is 1. The molecule has 0 aliphatic rings. The van der Waals surface area contributed by atoms with Gasteiger partial charge in [-0.2, -0.15) is 5.26 Å². The van der Waals surface area contributed by atoms with Gasteiger partial charge in [0.05, 0.1) is 29.7 Å². The van der Waals surface area contributed by atoms with E-state index in [1.165, 1.54) is 24.5 Å². The molecule has 0 bridgehead atoms. The zero-order valence-corrected chi connectivity index (χ0v) is 8.95. The van der Waals surface area contributed by atoms with Crippen molar-refractivity contribution in [1.82, 2.24) is 9.55 Å². The number of benzene rings is 1. The van der Waals surface area contributed by atoms with E-state index >= 15 is 0 Å². The lowest BCUT2D eigenvalue weighted by atomic mass is 10.1. The molecule has 2 rings (SSSR count). The quantitative estimate of drug-likeness (QED) is 0.751. The summed E-state index contributed by atoms with van der Waals surface area (Å²) in [6.07, 6.45) is 3.15. The van der Waals surface area contributed by atoms with E-state index in [9.17, 15) is 4.39 Å². The van der Waals surface area contributed by atoms with E-state index in [2.05, 4.69) is 4.98 Å². The third kappa shape index (κ3) is 1.90. The predicted octanol–water partition coefficient (Wildman–Crippen LogP) is 2.76. The van der Waals surface area contributed by atoms with Gasteiger partial charge in [0.25, 0.3) is 0 Å². The zero-order valence-electron chi connectivity index (χ0n) is 8.19. The minimum Gasteiger partial charge on any atom is -0.323 e. The highest BCUT2D eigenvalue weighted by molar-refractivity contribution is 6.15. The number of nitriles is 1. The van der Waals surface area contributed by atoms with Gasteiger partial charge >= 0.3 is 0 Å². The van der Waals surface area contributed by atoms with E-state index in [0.29, 0.717) is 16.8 Å². The first-order chi connectivity index (χ1) is 7.74. The number of rotatable bonds is 2. The van der Waals surface area contributed by atoms with E-state index in [0.717, 1.165) is 0 Å². The average molecular weight is 236 g/mol. The Balaban J connectivity index is 2.50. The molecule has 0 aliphatic carbocycles. The fraction of sp³-hybridized carbons (Fsp3) is 0.0909. The van der Waals surface area contributed by atoms with Gasteiger partial charge in [0, 0.05) is 11.8 Å². The molecular formula is C11H7ClFN3. The molecular weight excluding hydrogens is 229 g/mol. The Labute approximate surface area is 96.7 Å². The summed E-state index contributed by atoms with van der Waals surface area (Å²) in [7, 11) is 0. The van der Waals surface area contributed by atoms with E-state index in [4.69, 9.17) is 16.9 Å². The largest absolute Gasteiger partial charge is 0.323 e. The molecule has 0 amide bonds. The van der Waals surface area contributed by atoms with E-state index in [1.807, 2.05) is 6.07 Å². The van der Waals surface area contributed by atoms with Gasteiger partial charge in [0.2, 0.25) is 0 Å². The van der Waals surface area contributed by atoms with Crippen LogP contribution in [0.25, 0.3) is 11.3 Å². The first-order valence-electron chi connectivity index (χ1n) is 4.52. The maximum atomic E-state index is 13.5. The smallest absolute Gasteiger partial charge is 0.132 e. The highest BCUT2D eigenvalue weighted by Gasteiger charge is 2.08. The maximum absolute atomic E-state index is 13.5. The van der Waals surface area contributed by atoms with Crippen LogP contribution in [0.4, 0.5) is 4.39 Å². The second kappa shape index (κ2) is 4.33. The topological polar surface area (TPSA) is 41.6 Å². The summed E-state index contributed by atoms with van der Waals surface area (Å²) >= 11 is 5.60. The summed E-state index contributed by atoms with van der Waals surface area (Å²) in [4.78, 5) is 4.02. The molecule has 0 saturated carbocycles. The molecule has 0 saturated heterocycles.